The van der Waals surface area contributed by atoms with Crippen LogP contribution in [0.3, 0.4) is 0 Å². The Morgan fingerprint density at radius 2 is 1.83 bits per heavy atom. The van der Waals surface area contributed by atoms with Crippen LogP contribution in [0.1, 0.15) is 0 Å². The molecule has 0 aliphatic heterocycles. The molecule has 0 bridgehead atoms. The number of aromatic nitrogens is 1. The van der Waals surface area contributed by atoms with Crippen molar-refractivity contribution in [3.63, 3.8) is 0 Å². The summed E-state index contributed by atoms with van der Waals surface area (Å²) in [5.41, 5.74) is 4.33. The second kappa shape index (κ2) is 3.66. The molecule has 88 valence electrons. The number of hydrogen-bond donors (Lipinski definition) is 2. The first-order chi connectivity index (χ1) is 8.68. The van der Waals surface area contributed by atoms with Crippen LogP contribution < -0.4 is 21.9 Å². The van der Waals surface area contributed by atoms with E-state index in [4.69, 9.17) is 5.73 Å². The van der Waals surface area contributed by atoms with Gasteiger partial charge in [0.25, 0.3) is 10.9 Å². The van der Waals surface area contributed by atoms with Gasteiger partial charge in [0.1, 0.15) is 17.2 Å². The number of nitrogen functional groups attached to an aromatic ring is 1. The monoisotopic (exact) mass is 239 g/mol. The first-order valence-electron chi connectivity index (χ1n) is 5.38. The molecule has 1 heterocycles. The van der Waals surface area contributed by atoms with E-state index >= 15 is 0 Å². The van der Waals surface area contributed by atoms with E-state index in [1.165, 1.54) is 0 Å². The van der Waals surface area contributed by atoms with Crippen molar-refractivity contribution in [1.82, 2.24) is 4.98 Å². The highest BCUT2D eigenvalue weighted by Gasteiger charge is 2.18. The van der Waals surface area contributed by atoms with Gasteiger partial charge in [-0.1, -0.05) is 24.3 Å². The summed E-state index contributed by atoms with van der Waals surface area (Å²) in [6.07, 6.45) is 1.63. The molecular formula is C13H9N3O2. The van der Waals surface area contributed by atoms with Crippen LogP contribution in [0.5, 0.6) is 0 Å². The average Bonchev–Trinajstić information content (AvgIpc) is 2.43. The van der Waals surface area contributed by atoms with Crippen molar-refractivity contribution in [3.05, 3.63) is 57.0 Å². The molecule has 0 aliphatic rings. The van der Waals surface area contributed by atoms with E-state index in [-0.39, 0.29) is 11.4 Å². The van der Waals surface area contributed by atoms with Gasteiger partial charge in [-0.15, -0.1) is 0 Å². The van der Waals surface area contributed by atoms with E-state index in [0.717, 1.165) is 10.8 Å². The number of nitrogens with one attached hydrogen (secondary N) is 1. The summed E-state index contributed by atoms with van der Waals surface area (Å²) in [6.45, 7) is 0. The number of fused-ring (bicyclic) bond motifs is 1. The van der Waals surface area contributed by atoms with Crippen LogP contribution in [-0.4, -0.2) is 4.98 Å². The minimum atomic E-state index is -0.641. The SMILES string of the molecule is Nc1c(Nc2nccc3ccccc23)c(=O)c1=O. The van der Waals surface area contributed by atoms with Gasteiger partial charge in [0.15, 0.2) is 0 Å². The Morgan fingerprint density at radius 1 is 1.06 bits per heavy atom. The molecule has 0 unspecified atom stereocenters. The number of pyridine rings is 1. The third kappa shape index (κ3) is 1.37. The third-order valence-corrected chi connectivity index (χ3v) is 2.86. The van der Waals surface area contributed by atoms with Crippen LogP contribution in [-0.2, 0) is 0 Å². The first kappa shape index (κ1) is 10.5. The molecule has 2 aromatic carbocycles. The lowest BCUT2D eigenvalue weighted by Gasteiger charge is -2.11. The maximum atomic E-state index is 11.3. The number of nitrogens with zero attached hydrogens (tertiary/aromatic N) is 1. The molecule has 18 heavy (non-hydrogen) atoms. The molecule has 0 atom stereocenters. The first-order valence-corrected chi connectivity index (χ1v) is 5.38. The fourth-order valence-electron chi connectivity index (χ4n) is 1.87. The summed E-state index contributed by atoms with van der Waals surface area (Å²) >= 11 is 0. The van der Waals surface area contributed by atoms with Crippen LogP contribution in [0.2, 0.25) is 0 Å². The number of nitrogens with two attached hydrogens (primary N) is 1. The number of benzene rings is 1. The van der Waals surface area contributed by atoms with E-state index < -0.39 is 10.9 Å². The normalized spacial score (nSPS) is 10.9. The van der Waals surface area contributed by atoms with Crippen LogP contribution in [0.25, 0.3) is 10.8 Å². The van der Waals surface area contributed by atoms with Gasteiger partial charge in [-0.3, -0.25) is 9.59 Å². The van der Waals surface area contributed by atoms with Crippen LogP contribution in [0.4, 0.5) is 17.2 Å². The lowest BCUT2D eigenvalue weighted by molar-refractivity contribution is 1.31. The standard InChI is InChI=1S/C13H9N3O2/c14-9-10(12(18)11(9)17)16-13-8-4-2-1-3-7(8)5-6-15-13/h1-6H,14H2,(H,15,16). The van der Waals surface area contributed by atoms with Crippen LogP contribution in [0.15, 0.2) is 46.1 Å². The Morgan fingerprint density at radius 3 is 2.61 bits per heavy atom. The predicted octanol–water partition coefficient (Wildman–Crippen LogP) is 1.16. The van der Waals surface area contributed by atoms with Gasteiger partial charge in [0, 0.05) is 11.6 Å². The van der Waals surface area contributed by atoms with Crippen molar-refractivity contribution < 1.29 is 0 Å². The van der Waals surface area contributed by atoms with E-state index in [2.05, 4.69) is 10.3 Å². The number of hydrogen-bond acceptors (Lipinski definition) is 5. The van der Waals surface area contributed by atoms with E-state index in [1.54, 1.807) is 6.20 Å². The van der Waals surface area contributed by atoms with Gasteiger partial charge in [0.2, 0.25) is 0 Å². The lowest BCUT2D eigenvalue weighted by atomic mass is 10.1. The van der Waals surface area contributed by atoms with Gasteiger partial charge >= 0.3 is 0 Å². The summed E-state index contributed by atoms with van der Waals surface area (Å²) < 4.78 is 0. The van der Waals surface area contributed by atoms with Gasteiger partial charge in [-0.05, 0) is 11.5 Å². The minimum absolute atomic E-state index is 0.0327. The summed E-state index contributed by atoms with van der Waals surface area (Å²) in [5.74, 6) is 0.520. The smallest absolute Gasteiger partial charge is 0.253 e. The Bertz CT molecular complexity index is 811. The van der Waals surface area contributed by atoms with Gasteiger partial charge in [-0.2, -0.15) is 0 Å². The predicted molar refractivity (Wildman–Crippen MR) is 70.8 cm³/mol. The van der Waals surface area contributed by atoms with Crippen molar-refractivity contribution in [1.29, 1.82) is 0 Å². The quantitative estimate of drug-likeness (QED) is 0.655. The molecule has 0 fully saturated rings. The van der Waals surface area contributed by atoms with E-state index in [1.807, 2.05) is 30.3 Å². The minimum Gasteiger partial charge on any atom is -0.394 e. The molecule has 3 rings (SSSR count). The Balaban J connectivity index is 2.12. The van der Waals surface area contributed by atoms with Crippen molar-refractivity contribution in [3.8, 4) is 0 Å². The van der Waals surface area contributed by atoms with Crippen molar-refractivity contribution in [2.75, 3.05) is 11.1 Å². The molecule has 0 amide bonds. The highest BCUT2D eigenvalue weighted by Crippen LogP contribution is 2.24. The molecule has 3 N–H and O–H groups in total. The molecule has 0 spiro atoms. The summed E-state index contributed by atoms with van der Waals surface area (Å²) in [5, 5.41) is 4.69. The van der Waals surface area contributed by atoms with E-state index in [0.29, 0.717) is 5.82 Å². The Labute approximate surface area is 102 Å². The Hall–Kier alpha value is -2.69. The molecule has 1 aromatic heterocycles. The largest absolute Gasteiger partial charge is 0.394 e. The van der Waals surface area contributed by atoms with Gasteiger partial charge in [0.05, 0.1) is 0 Å². The number of rotatable bonds is 2. The summed E-state index contributed by atoms with van der Waals surface area (Å²) in [6, 6.07) is 9.48. The highest BCUT2D eigenvalue weighted by molar-refractivity contribution is 5.94. The highest BCUT2D eigenvalue weighted by atomic mass is 16.2. The molecule has 0 aliphatic carbocycles. The lowest BCUT2D eigenvalue weighted by Crippen LogP contribution is -2.36. The zero-order chi connectivity index (χ0) is 12.7. The van der Waals surface area contributed by atoms with E-state index in [9.17, 15) is 9.59 Å². The summed E-state index contributed by atoms with van der Waals surface area (Å²) in [4.78, 5) is 26.5. The molecule has 5 nitrogen and oxygen atoms in total. The molecule has 3 aromatic rings. The molecule has 0 saturated carbocycles. The molecule has 5 heteroatoms. The molecular weight excluding hydrogens is 230 g/mol. The van der Waals surface area contributed by atoms with Crippen LogP contribution in [0, 0.1) is 0 Å². The fourth-order valence-corrected chi connectivity index (χ4v) is 1.87. The maximum absolute atomic E-state index is 11.3. The zero-order valence-corrected chi connectivity index (χ0v) is 9.31. The van der Waals surface area contributed by atoms with Gasteiger partial charge < -0.3 is 11.1 Å². The number of anilines is 3. The topological polar surface area (TPSA) is 85.1 Å². The fraction of sp³-hybridized carbons (Fsp3) is 0. The van der Waals surface area contributed by atoms with Crippen molar-refractivity contribution in [2.24, 2.45) is 0 Å². The zero-order valence-electron chi connectivity index (χ0n) is 9.31. The van der Waals surface area contributed by atoms with Gasteiger partial charge in [-0.25, -0.2) is 4.98 Å². The summed E-state index contributed by atoms with van der Waals surface area (Å²) in [7, 11) is 0. The van der Waals surface area contributed by atoms with Crippen LogP contribution >= 0.6 is 0 Å². The molecule has 0 radical (unpaired) electrons. The average molecular weight is 239 g/mol. The second-order valence-corrected chi connectivity index (χ2v) is 3.95. The molecule has 0 saturated heterocycles. The third-order valence-electron chi connectivity index (χ3n) is 2.86. The Kier molecular flexibility index (Phi) is 2.13. The maximum Gasteiger partial charge on any atom is 0.253 e. The van der Waals surface area contributed by atoms with Crippen molar-refractivity contribution in [2.45, 2.75) is 0 Å². The van der Waals surface area contributed by atoms with Crippen molar-refractivity contribution >= 4 is 28.0 Å². The second-order valence-electron chi connectivity index (χ2n) is 3.95.